The highest BCUT2D eigenvalue weighted by atomic mass is 32.1. The van der Waals surface area contributed by atoms with Crippen LogP contribution < -0.4 is 22.1 Å². The first kappa shape index (κ1) is 18.2. The van der Waals surface area contributed by atoms with Crippen molar-refractivity contribution >= 4 is 36.3 Å². The third-order valence-electron chi connectivity index (χ3n) is 2.25. The van der Waals surface area contributed by atoms with Crippen molar-refractivity contribution in [1.82, 2.24) is 10.6 Å². The molecular weight excluding hydrogens is 288 g/mol. The summed E-state index contributed by atoms with van der Waals surface area (Å²) in [5, 5.41) is 13.2. The molecule has 0 aromatic rings. The van der Waals surface area contributed by atoms with Gasteiger partial charge in [0.25, 0.3) is 0 Å². The maximum absolute atomic E-state index is 11.8. The van der Waals surface area contributed by atoms with Crippen LogP contribution in [-0.2, 0) is 19.2 Å². The van der Waals surface area contributed by atoms with E-state index in [1.54, 1.807) is 0 Å². The van der Waals surface area contributed by atoms with Crippen LogP contribution in [-0.4, -0.2) is 52.7 Å². The van der Waals surface area contributed by atoms with E-state index in [4.69, 9.17) is 16.6 Å². The van der Waals surface area contributed by atoms with E-state index in [9.17, 15) is 19.2 Å². The van der Waals surface area contributed by atoms with Gasteiger partial charge in [0.2, 0.25) is 17.7 Å². The van der Waals surface area contributed by atoms with Gasteiger partial charge in [-0.25, -0.2) is 4.79 Å². The van der Waals surface area contributed by atoms with Gasteiger partial charge < -0.3 is 27.2 Å². The lowest BCUT2D eigenvalue weighted by molar-refractivity contribution is -0.143. The first-order chi connectivity index (χ1) is 9.18. The second kappa shape index (κ2) is 8.38. The number of carbonyl (C=O) groups excluding carboxylic acids is 3. The third kappa shape index (κ3) is 6.38. The first-order valence-electron chi connectivity index (χ1n) is 5.67. The Morgan fingerprint density at radius 3 is 2.00 bits per heavy atom. The summed E-state index contributed by atoms with van der Waals surface area (Å²) in [7, 11) is 0. The Morgan fingerprint density at radius 1 is 1.15 bits per heavy atom. The molecule has 9 nitrogen and oxygen atoms in total. The summed E-state index contributed by atoms with van der Waals surface area (Å²) < 4.78 is 0. The average Bonchev–Trinajstić information content (AvgIpc) is 2.33. The van der Waals surface area contributed by atoms with E-state index in [2.05, 4.69) is 23.3 Å². The first-order valence-corrected chi connectivity index (χ1v) is 6.30. The van der Waals surface area contributed by atoms with Crippen molar-refractivity contribution in [2.45, 2.75) is 31.5 Å². The fourth-order valence-electron chi connectivity index (χ4n) is 1.17. The zero-order chi connectivity index (χ0) is 15.9. The minimum atomic E-state index is -1.46. The van der Waals surface area contributed by atoms with E-state index in [0.717, 1.165) is 0 Å². The maximum Gasteiger partial charge on any atom is 0.326 e. The van der Waals surface area contributed by atoms with Crippen molar-refractivity contribution in [3.63, 3.8) is 0 Å². The zero-order valence-corrected chi connectivity index (χ0v) is 11.7. The molecule has 10 heteroatoms. The SMILES string of the molecule is C[C@H](N)C(=O)N[C@@H](CS)C(=O)N[C@@H](CC(N)=O)C(=O)O. The van der Waals surface area contributed by atoms with Crippen molar-refractivity contribution < 1.29 is 24.3 Å². The van der Waals surface area contributed by atoms with Crippen LogP contribution in [0.5, 0.6) is 0 Å². The Hall–Kier alpha value is -1.81. The normalized spacial score (nSPS) is 14.8. The largest absolute Gasteiger partial charge is 0.480 e. The van der Waals surface area contributed by atoms with Gasteiger partial charge in [0.15, 0.2) is 0 Å². The lowest BCUT2D eigenvalue weighted by atomic mass is 10.1. The molecule has 0 spiro atoms. The number of carboxylic acids is 1. The molecule has 0 bridgehead atoms. The van der Waals surface area contributed by atoms with Gasteiger partial charge in [-0.15, -0.1) is 0 Å². The van der Waals surface area contributed by atoms with Gasteiger partial charge in [0.05, 0.1) is 12.5 Å². The summed E-state index contributed by atoms with van der Waals surface area (Å²) in [4.78, 5) is 44.7. The zero-order valence-electron chi connectivity index (χ0n) is 10.8. The van der Waals surface area contributed by atoms with Gasteiger partial charge in [-0.3, -0.25) is 14.4 Å². The number of hydrogen-bond acceptors (Lipinski definition) is 6. The van der Waals surface area contributed by atoms with Gasteiger partial charge in [0, 0.05) is 5.75 Å². The molecule has 0 rings (SSSR count). The van der Waals surface area contributed by atoms with Crippen molar-refractivity contribution in [3.05, 3.63) is 0 Å². The molecule has 0 aromatic carbocycles. The van der Waals surface area contributed by atoms with E-state index in [1.807, 2.05) is 0 Å². The molecule has 0 fully saturated rings. The number of hydrogen-bond donors (Lipinski definition) is 6. The van der Waals surface area contributed by atoms with Crippen LogP contribution in [0.1, 0.15) is 13.3 Å². The predicted octanol–water partition coefficient (Wildman–Crippen LogP) is -2.81. The monoisotopic (exact) mass is 306 g/mol. The average molecular weight is 306 g/mol. The molecule has 0 saturated carbocycles. The Bertz CT molecular complexity index is 401. The number of nitrogens with one attached hydrogen (secondary N) is 2. The van der Waals surface area contributed by atoms with E-state index >= 15 is 0 Å². The third-order valence-corrected chi connectivity index (χ3v) is 2.61. The van der Waals surface area contributed by atoms with Crippen LogP contribution in [0.2, 0.25) is 0 Å². The van der Waals surface area contributed by atoms with Crippen LogP contribution >= 0.6 is 12.6 Å². The molecule has 0 saturated heterocycles. The van der Waals surface area contributed by atoms with E-state index in [-0.39, 0.29) is 5.75 Å². The van der Waals surface area contributed by atoms with Gasteiger partial charge in [-0.05, 0) is 6.92 Å². The van der Waals surface area contributed by atoms with Crippen molar-refractivity contribution in [2.24, 2.45) is 11.5 Å². The lowest BCUT2D eigenvalue weighted by Crippen LogP contribution is -2.55. The summed E-state index contributed by atoms with van der Waals surface area (Å²) in [6, 6.07) is -3.35. The van der Waals surface area contributed by atoms with E-state index in [1.165, 1.54) is 6.92 Å². The predicted molar refractivity (Wildman–Crippen MR) is 72.8 cm³/mol. The van der Waals surface area contributed by atoms with Gasteiger partial charge in [-0.1, -0.05) is 0 Å². The second-order valence-electron chi connectivity index (χ2n) is 4.10. The molecule has 0 aromatic heterocycles. The Kier molecular flexibility index (Phi) is 7.62. The Balaban J connectivity index is 4.70. The van der Waals surface area contributed by atoms with Crippen LogP contribution in [0.25, 0.3) is 0 Å². The molecule has 7 N–H and O–H groups in total. The molecule has 0 aliphatic rings. The molecule has 0 radical (unpaired) electrons. The number of primary amides is 1. The highest BCUT2D eigenvalue weighted by Gasteiger charge is 2.27. The highest BCUT2D eigenvalue weighted by Crippen LogP contribution is 1.96. The minimum Gasteiger partial charge on any atom is -0.480 e. The quantitative estimate of drug-likeness (QED) is 0.265. The van der Waals surface area contributed by atoms with Gasteiger partial charge >= 0.3 is 5.97 Å². The minimum absolute atomic E-state index is 0.0623. The lowest BCUT2D eigenvalue weighted by Gasteiger charge is -2.20. The highest BCUT2D eigenvalue weighted by molar-refractivity contribution is 7.80. The van der Waals surface area contributed by atoms with Gasteiger partial charge in [-0.2, -0.15) is 12.6 Å². The number of thiol groups is 1. The molecule has 3 amide bonds. The fraction of sp³-hybridized carbons (Fsp3) is 0.600. The molecular formula is C10H18N4O5S. The molecule has 0 aliphatic carbocycles. The van der Waals surface area contributed by atoms with E-state index in [0.29, 0.717) is 0 Å². The molecule has 0 heterocycles. The van der Waals surface area contributed by atoms with Crippen molar-refractivity contribution in [2.75, 3.05) is 5.75 Å². The summed E-state index contributed by atoms with van der Waals surface area (Å²) >= 11 is 3.89. The number of amides is 3. The Morgan fingerprint density at radius 2 is 1.65 bits per heavy atom. The van der Waals surface area contributed by atoms with Crippen molar-refractivity contribution in [1.29, 1.82) is 0 Å². The summed E-state index contributed by atoms with van der Waals surface area (Å²) in [5.74, 6) is -3.72. The maximum atomic E-state index is 11.8. The van der Waals surface area contributed by atoms with Crippen molar-refractivity contribution in [3.8, 4) is 0 Å². The molecule has 0 aliphatic heterocycles. The van der Waals surface area contributed by atoms with E-state index < -0.39 is 48.2 Å². The standard InChI is InChI=1S/C10H18N4O5S/c1-4(11)8(16)14-6(3-20)9(17)13-5(10(18)19)2-7(12)15/h4-6,20H,2-3,11H2,1H3,(H2,12,15)(H,13,17)(H,14,16)(H,18,19)/t4-,5-,6-/m0/s1. The smallest absolute Gasteiger partial charge is 0.326 e. The number of rotatable bonds is 8. The van der Waals surface area contributed by atoms with Crippen LogP contribution in [0.3, 0.4) is 0 Å². The summed E-state index contributed by atoms with van der Waals surface area (Å²) in [6.07, 6.45) is -0.554. The second-order valence-corrected chi connectivity index (χ2v) is 4.47. The number of carboxylic acid groups (broad SMARTS) is 1. The van der Waals surface area contributed by atoms with Crippen LogP contribution in [0.15, 0.2) is 0 Å². The van der Waals surface area contributed by atoms with Gasteiger partial charge in [0.1, 0.15) is 12.1 Å². The number of nitrogens with two attached hydrogens (primary N) is 2. The molecule has 0 unspecified atom stereocenters. The van der Waals surface area contributed by atoms with Crippen LogP contribution in [0.4, 0.5) is 0 Å². The fourth-order valence-corrected chi connectivity index (χ4v) is 1.43. The topological polar surface area (TPSA) is 165 Å². The molecule has 114 valence electrons. The Labute approximate surface area is 120 Å². The summed E-state index contributed by atoms with van der Waals surface area (Å²) in [5.41, 5.74) is 10.2. The molecule has 3 atom stereocenters. The summed E-state index contributed by atoms with van der Waals surface area (Å²) in [6.45, 7) is 1.43. The number of carbonyl (C=O) groups is 4. The molecule has 20 heavy (non-hydrogen) atoms. The van der Waals surface area contributed by atoms with Crippen LogP contribution in [0, 0.1) is 0 Å². The number of aliphatic carboxylic acids is 1.